The predicted molar refractivity (Wildman–Crippen MR) is 168 cm³/mol. The van der Waals surface area contributed by atoms with Gasteiger partial charge in [-0.05, 0) is 69.7 Å². The maximum absolute atomic E-state index is 9.55. The van der Waals surface area contributed by atoms with E-state index in [2.05, 4.69) is 49.5 Å². The third-order valence-corrected chi connectivity index (χ3v) is 6.67. The number of carboxylic acids is 2. The van der Waals surface area contributed by atoms with E-state index in [1.54, 1.807) is 7.11 Å². The zero-order valence-electron chi connectivity index (χ0n) is 25.0. The van der Waals surface area contributed by atoms with Gasteiger partial charge >= 0.3 is 11.9 Å². The van der Waals surface area contributed by atoms with E-state index < -0.39 is 11.9 Å². The molecule has 0 saturated carbocycles. The molecule has 9 nitrogen and oxygen atoms in total. The summed E-state index contributed by atoms with van der Waals surface area (Å²) in [4.78, 5) is 23.8. The first-order valence-corrected chi connectivity index (χ1v) is 14.5. The highest BCUT2D eigenvalue weighted by Gasteiger charge is 2.18. The van der Waals surface area contributed by atoms with Gasteiger partial charge in [-0.25, -0.2) is 9.59 Å². The SMILES string of the molecule is COc1cc(NC(C)CCCN)c2nccc(C)c2c1OCCCCCCCc1ccccc1.O=C(O)/C=C/C(=O)O. The van der Waals surface area contributed by atoms with Crippen LogP contribution in [0.25, 0.3) is 10.9 Å². The molecule has 0 aliphatic rings. The fourth-order valence-corrected chi connectivity index (χ4v) is 4.53. The summed E-state index contributed by atoms with van der Waals surface area (Å²) in [6.07, 6.45) is 12.1. The Morgan fingerprint density at radius 3 is 2.31 bits per heavy atom. The van der Waals surface area contributed by atoms with Crippen molar-refractivity contribution >= 4 is 28.5 Å². The average molecular weight is 580 g/mol. The van der Waals surface area contributed by atoms with E-state index in [-0.39, 0.29) is 0 Å². The molecule has 0 spiro atoms. The largest absolute Gasteiger partial charge is 0.493 e. The molecule has 42 heavy (non-hydrogen) atoms. The lowest BCUT2D eigenvalue weighted by Crippen LogP contribution is -2.17. The van der Waals surface area contributed by atoms with Crippen LogP contribution in [-0.2, 0) is 16.0 Å². The maximum atomic E-state index is 9.55. The van der Waals surface area contributed by atoms with E-state index in [0.29, 0.717) is 31.3 Å². The molecule has 5 N–H and O–H groups in total. The Bertz CT molecular complexity index is 1260. The van der Waals surface area contributed by atoms with Crippen molar-refractivity contribution in [1.29, 1.82) is 0 Å². The number of pyridine rings is 1. The molecule has 0 radical (unpaired) electrons. The highest BCUT2D eigenvalue weighted by atomic mass is 16.5. The van der Waals surface area contributed by atoms with Gasteiger partial charge in [0, 0.05) is 30.5 Å². The number of aromatic nitrogens is 1. The van der Waals surface area contributed by atoms with Crippen LogP contribution in [0.4, 0.5) is 5.69 Å². The lowest BCUT2D eigenvalue weighted by molar-refractivity contribution is -0.134. The Kier molecular flexibility index (Phi) is 15.5. The summed E-state index contributed by atoms with van der Waals surface area (Å²) in [5.74, 6) is -0.966. The van der Waals surface area contributed by atoms with Gasteiger partial charge in [-0.15, -0.1) is 0 Å². The number of nitrogens with zero attached hydrogens (tertiary/aromatic N) is 1. The summed E-state index contributed by atoms with van der Waals surface area (Å²) in [7, 11) is 1.70. The summed E-state index contributed by atoms with van der Waals surface area (Å²) < 4.78 is 12.1. The number of methoxy groups -OCH3 is 1. The van der Waals surface area contributed by atoms with Gasteiger partial charge in [0.25, 0.3) is 0 Å². The van der Waals surface area contributed by atoms with Crippen molar-refractivity contribution < 1.29 is 29.3 Å². The maximum Gasteiger partial charge on any atom is 0.328 e. The second-order valence-corrected chi connectivity index (χ2v) is 10.1. The monoisotopic (exact) mass is 579 g/mol. The van der Waals surface area contributed by atoms with Gasteiger partial charge in [-0.2, -0.15) is 0 Å². The molecule has 3 aromatic rings. The van der Waals surface area contributed by atoms with Crippen molar-refractivity contribution in [2.75, 3.05) is 25.6 Å². The normalized spacial score (nSPS) is 11.5. The highest BCUT2D eigenvalue weighted by Crippen LogP contribution is 2.41. The molecule has 9 heteroatoms. The minimum absolute atomic E-state index is 0.299. The van der Waals surface area contributed by atoms with Crippen molar-refractivity contribution in [3.05, 3.63) is 71.9 Å². The van der Waals surface area contributed by atoms with E-state index >= 15 is 0 Å². The van der Waals surface area contributed by atoms with E-state index in [1.807, 2.05) is 18.3 Å². The number of ether oxygens (including phenoxy) is 2. The number of benzene rings is 2. The number of aliphatic carboxylic acids is 2. The van der Waals surface area contributed by atoms with Crippen LogP contribution < -0.4 is 20.5 Å². The summed E-state index contributed by atoms with van der Waals surface area (Å²) in [6.45, 7) is 5.66. The van der Waals surface area contributed by atoms with E-state index in [1.165, 1.54) is 31.2 Å². The molecule has 0 aliphatic carbocycles. The van der Waals surface area contributed by atoms with Gasteiger partial charge in [-0.3, -0.25) is 4.98 Å². The van der Waals surface area contributed by atoms with Crippen molar-refractivity contribution in [1.82, 2.24) is 4.98 Å². The number of nitrogens with one attached hydrogen (secondary N) is 1. The van der Waals surface area contributed by atoms with Crippen LogP contribution in [0, 0.1) is 6.92 Å². The second kappa shape index (κ2) is 19.1. The molecule has 0 amide bonds. The van der Waals surface area contributed by atoms with Crippen molar-refractivity contribution in [2.45, 2.75) is 71.3 Å². The topological polar surface area (TPSA) is 144 Å². The average Bonchev–Trinajstić information content (AvgIpc) is 2.98. The third-order valence-electron chi connectivity index (χ3n) is 6.67. The highest BCUT2D eigenvalue weighted by molar-refractivity contribution is 5.99. The summed E-state index contributed by atoms with van der Waals surface area (Å²) in [5.41, 5.74) is 10.2. The lowest BCUT2D eigenvalue weighted by Gasteiger charge is -2.20. The Balaban J connectivity index is 0.000000675. The van der Waals surface area contributed by atoms with E-state index in [9.17, 15) is 9.59 Å². The first-order valence-electron chi connectivity index (χ1n) is 14.5. The molecule has 3 rings (SSSR count). The van der Waals surface area contributed by atoms with E-state index in [0.717, 1.165) is 59.3 Å². The van der Waals surface area contributed by atoms with Crippen LogP contribution in [0.2, 0.25) is 0 Å². The molecule has 0 fully saturated rings. The van der Waals surface area contributed by atoms with Crippen LogP contribution in [0.1, 0.15) is 63.0 Å². The standard InChI is InChI=1S/C29H41N3O2.C4H4O4/c1-22-17-19-31-28-25(32-23(2)13-12-18-30)21-26(33-3)29(27(22)28)34-20-11-6-4-5-8-14-24-15-9-7-10-16-24;5-3(6)1-2-4(7)8/h7,9-10,15-17,19,21,23,32H,4-6,8,11-14,18,20,30H2,1-3H3;1-2H,(H,5,6)(H,7,8)/b;2-1+. The molecule has 1 heterocycles. The number of nitrogens with two attached hydrogens (primary N) is 1. The fraction of sp³-hybridized carbons (Fsp3) is 0.424. The van der Waals surface area contributed by atoms with Gasteiger partial charge < -0.3 is 30.7 Å². The Morgan fingerprint density at radius 2 is 1.67 bits per heavy atom. The third kappa shape index (κ3) is 12.2. The quantitative estimate of drug-likeness (QED) is 0.106. The molecule has 0 aliphatic heterocycles. The second-order valence-electron chi connectivity index (χ2n) is 10.1. The Morgan fingerprint density at radius 1 is 1.00 bits per heavy atom. The van der Waals surface area contributed by atoms with Crippen LogP contribution in [0.5, 0.6) is 11.5 Å². The number of hydrogen-bond donors (Lipinski definition) is 4. The first-order chi connectivity index (χ1) is 20.3. The fourth-order valence-electron chi connectivity index (χ4n) is 4.53. The van der Waals surface area contributed by atoms with Crippen molar-refractivity contribution in [2.24, 2.45) is 5.73 Å². The molecule has 1 atom stereocenters. The van der Waals surface area contributed by atoms with Gasteiger partial charge in [-0.1, -0.05) is 49.6 Å². The Hall–Kier alpha value is -4.11. The van der Waals surface area contributed by atoms with Gasteiger partial charge in [0.15, 0.2) is 11.5 Å². The number of aryl methyl sites for hydroxylation is 2. The summed E-state index contributed by atoms with van der Waals surface area (Å²) >= 11 is 0. The van der Waals surface area contributed by atoms with Gasteiger partial charge in [0.2, 0.25) is 0 Å². The molecule has 0 bridgehead atoms. The molecule has 0 saturated heterocycles. The van der Waals surface area contributed by atoms with Crippen LogP contribution in [0.15, 0.2) is 60.8 Å². The number of fused-ring (bicyclic) bond motifs is 1. The van der Waals surface area contributed by atoms with Crippen molar-refractivity contribution in [3.63, 3.8) is 0 Å². The first kappa shape index (κ1) is 34.1. The van der Waals surface area contributed by atoms with Gasteiger partial charge in [0.1, 0.15) is 0 Å². The zero-order chi connectivity index (χ0) is 30.7. The van der Waals surface area contributed by atoms with Crippen LogP contribution >= 0.6 is 0 Å². The molecule has 1 aromatic heterocycles. The number of rotatable bonds is 17. The Labute approximate surface area is 248 Å². The van der Waals surface area contributed by atoms with Crippen LogP contribution in [-0.4, -0.2) is 53.4 Å². The summed E-state index contributed by atoms with van der Waals surface area (Å²) in [6, 6.07) is 15.1. The van der Waals surface area contributed by atoms with Crippen molar-refractivity contribution in [3.8, 4) is 11.5 Å². The molecule has 2 aromatic carbocycles. The minimum Gasteiger partial charge on any atom is -0.493 e. The molecule has 228 valence electrons. The molecular formula is C33H45N3O6. The molecular weight excluding hydrogens is 534 g/mol. The van der Waals surface area contributed by atoms with E-state index in [4.69, 9.17) is 30.4 Å². The smallest absolute Gasteiger partial charge is 0.328 e. The number of anilines is 1. The molecule has 1 unspecified atom stereocenters. The minimum atomic E-state index is -1.26. The lowest BCUT2D eigenvalue weighted by atomic mass is 10.1. The van der Waals surface area contributed by atoms with Crippen LogP contribution in [0.3, 0.4) is 0 Å². The zero-order valence-corrected chi connectivity index (χ0v) is 25.0. The van der Waals surface area contributed by atoms with Gasteiger partial charge in [0.05, 0.1) is 30.3 Å². The number of carbonyl (C=O) groups is 2. The number of carboxylic acid groups (broad SMARTS) is 2. The number of unbranched alkanes of at least 4 members (excludes halogenated alkanes) is 4. The predicted octanol–water partition coefficient (Wildman–Crippen LogP) is 6.37. The number of hydrogen-bond acceptors (Lipinski definition) is 7. The summed E-state index contributed by atoms with van der Waals surface area (Å²) in [5, 5.41) is 20.3.